The number of rotatable bonds is 8. The van der Waals surface area contributed by atoms with Crippen molar-refractivity contribution in [3.05, 3.63) is 23.8 Å². The Bertz CT molecular complexity index is 888. The Labute approximate surface area is 202 Å². The van der Waals surface area contributed by atoms with Crippen molar-refractivity contribution in [3.63, 3.8) is 0 Å². The van der Waals surface area contributed by atoms with Crippen LogP contribution in [0.2, 0.25) is 0 Å². The molecular weight excluding hydrogens is 436 g/mol. The molecule has 3 rings (SSSR count). The number of ether oxygens (including phenoxy) is 2. The predicted octanol–water partition coefficient (Wildman–Crippen LogP) is 2.12. The van der Waals surface area contributed by atoms with Gasteiger partial charge in [-0.2, -0.15) is 0 Å². The lowest BCUT2D eigenvalue weighted by Crippen LogP contribution is -2.54. The lowest BCUT2D eigenvalue weighted by molar-refractivity contribution is -0.134. The average molecular weight is 475 g/mol. The summed E-state index contributed by atoms with van der Waals surface area (Å²) in [7, 11) is 5.79. The highest BCUT2D eigenvalue weighted by Gasteiger charge is 2.39. The summed E-state index contributed by atoms with van der Waals surface area (Å²) in [6, 6.07) is 4.96. The van der Waals surface area contributed by atoms with Gasteiger partial charge in [0.05, 0.1) is 24.1 Å². The monoisotopic (exact) mass is 474 g/mol. The van der Waals surface area contributed by atoms with Crippen LogP contribution in [0.1, 0.15) is 49.9 Å². The van der Waals surface area contributed by atoms with Crippen LogP contribution in [-0.4, -0.2) is 86.6 Å². The van der Waals surface area contributed by atoms with Crippen LogP contribution in [0, 0.1) is 5.92 Å². The van der Waals surface area contributed by atoms with Gasteiger partial charge in [-0.1, -0.05) is 13.8 Å². The number of likely N-dealkylation sites (N-methyl/N-ethyl adjacent to an activating group) is 1. The van der Waals surface area contributed by atoms with Crippen LogP contribution < -0.4 is 15.4 Å². The Morgan fingerprint density at radius 2 is 2.00 bits per heavy atom. The number of hydrogen-bond donors (Lipinski definition) is 2. The topological polar surface area (TPSA) is 100 Å². The highest BCUT2D eigenvalue weighted by Crippen LogP contribution is 2.32. The summed E-state index contributed by atoms with van der Waals surface area (Å²) in [6.45, 7) is 5.49. The molecule has 1 fully saturated rings. The maximum absolute atomic E-state index is 13.3. The summed E-state index contributed by atoms with van der Waals surface area (Å²) >= 11 is 0. The second-order valence-electron chi connectivity index (χ2n) is 9.73. The average Bonchev–Trinajstić information content (AvgIpc) is 2.79. The minimum absolute atomic E-state index is 0.0141. The number of anilines is 1. The standard InChI is InChI=1S/C25H38N4O5/c1-16(2)24(31)27-17-7-10-21-19(13-17)25(32)29(5)20-9-8-18(34-22(20)15-33-21)14-23(30)26-11-6-12-28(3)4/h7,10,13,16,18,20,22H,6,8-9,11-12,14-15H2,1-5H3,(H,26,30)(H,27,31)/t18-,20-,22+/m1/s1. The third-order valence-corrected chi connectivity index (χ3v) is 6.32. The molecule has 2 heterocycles. The van der Waals surface area contributed by atoms with Crippen LogP contribution in [0.5, 0.6) is 5.75 Å². The molecule has 0 radical (unpaired) electrons. The van der Waals surface area contributed by atoms with Gasteiger partial charge < -0.3 is 29.9 Å². The van der Waals surface area contributed by atoms with E-state index in [0.29, 0.717) is 36.4 Å². The fourth-order valence-electron chi connectivity index (χ4n) is 4.29. The van der Waals surface area contributed by atoms with Gasteiger partial charge in [-0.3, -0.25) is 14.4 Å². The summed E-state index contributed by atoms with van der Waals surface area (Å²) in [5.74, 6) is -0.00107. The lowest BCUT2D eigenvalue weighted by atomic mass is 9.94. The molecule has 2 aliphatic heterocycles. The maximum atomic E-state index is 13.3. The molecule has 3 atom stereocenters. The molecule has 0 spiro atoms. The second-order valence-corrected chi connectivity index (χ2v) is 9.73. The van der Waals surface area contributed by atoms with E-state index in [4.69, 9.17) is 9.47 Å². The zero-order chi connectivity index (χ0) is 24.8. The summed E-state index contributed by atoms with van der Waals surface area (Å²) in [4.78, 5) is 41.5. The van der Waals surface area contributed by atoms with Crippen molar-refractivity contribution in [2.75, 3.05) is 46.2 Å². The Morgan fingerprint density at radius 1 is 1.24 bits per heavy atom. The molecule has 1 aromatic rings. The van der Waals surface area contributed by atoms with Gasteiger partial charge in [0, 0.05) is 25.2 Å². The van der Waals surface area contributed by atoms with E-state index >= 15 is 0 Å². The first-order valence-electron chi connectivity index (χ1n) is 12.1. The van der Waals surface area contributed by atoms with Gasteiger partial charge in [0.1, 0.15) is 18.5 Å². The Hall–Kier alpha value is -2.65. The number of nitrogens with zero attached hydrogens (tertiary/aromatic N) is 2. The van der Waals surface area contributed by atoms with E-state index in [-0.39, 0.29) is 48.5 Å². The smallest absolute Gasteiger partial charge is 0.257 e. The van der Waals surface area contributed by atoms with Gasteiger partial charge in [-0.25, -0.2) is 0 Å². The minimum atomic E-state index is -0.317. The van der Waals surface area contributed by atoms with Crippen molar-refractivity contribution in [2.24, 2.45) is 5.92 Å². The third-order valence-electron chi connectivity index (χ3n) is 6.32. The van der Waals surface area contributed by atoms with Gasteiger partial charge in [0.25, 0.3) is 5.91 Å². The Kier molecular flexibility index (Phi) is 8.90. The lowest BCUT2D eigenvalue weighted by Gasteiger charge is -2.42. The first-order valence-corrected chi connectivity index (χ1v) is 12.1. The van der Waals surface area contributed by atoms with E-state index in [1.165, 1.54) is 0 Å². The molecule has 0 unspecified atom stereocenters. The molecule has 2 aliphatic rings. The number of amides is 3. The van der Waals surface area contributed by atoms with Crippen LogP contribution >= 0.6 is 0 Å². The van der Waals surface area contributed by atoms with Crippen molar-refractivity contribution >= 4 is 23.4 Å². The van der Waals surface area contributed by atoms with Crippen LogP contribution in [0.4, 0.5) is 5.69 Å². The van der Waals surface area contributed by atoms with E-state index < -0.39 is 0 Å². The highest BCUT2D eigenvalue weighted by molar-refractivity contribution is 6.00. The Balaban J connectivity index is 1.62. The van der Waals surface area contributed by atoms with Gasteiger partial charge in [0.2, 0.25) is 11.8 Å². The van der Waals surface area contributed by atoms with Crippen LogP contribution in [-0.2, 0) is 14.3 Å². The van der Waals surface area contributed by atoms with Gasteiger partial charge >= 0.3 is 0 Å². The zero-order valence-electron chi connectivity index (χ0n) is 20.9. The van der Waals surface area contributed by atoms with Crippen molar-refractivity contribution in [1.29, 1.82) is 0 Å². The van der Waals surface area contributed by atoms with Crippen molar-refractivity contribution in [1.82, 2.24) is 15.1 Å². The number of benzene rings is 1. The van der Waals surface area contributed by atoms with Gasteiger partial charge in [0.15, 0.2) is 0 Å². The molecule has 0 aromatic heterocycles. The zero-order valence-corrected chi connectivity index (χ0v) is 20.9. The minimum Gasteiger partial charge on any atom is -0.490 e. The quantitative estimate of drug-likeness (QED) is 0.560. The molecule has 9 nitrogen and oxygen atoms in total. The van der Waals surface area contributed by atoms with E-state index in [9.17, 15) is 14.4 Å². The number of fused-ring (bicyclic) bond motifs is 2. The first-order chi connectivity index (χ1) is 16.2. The molecule has 2 N–H and O–H groups in total. The van der Waals surface area contributed by atoms with E-state index in [1.54, 1.807) is 30.1 Å². The fourth-order valence-corrected chi connectivity index (χ4v) is 4.29. The maximum Gasteiger partial charge on any atom is 0.257 e. The van der Waals surface area contributed by atoms with Crippen LogP contribution in [0.15, 0.2) is 18.2 Å². The molecule has 188 valence electrons. The fraction of sp³-hybridized carbons (Fsp3) is 0.640. The van der Waals surface area contributed by atoms with Crippen molar-refractivity contribution in [3.8, 4) is 5.75 Å². The van der Waals surface area contributed by atoms with E-state index in [1.807, 2.05) is 27.9 Å². The SMILES string of the molecule is CC(C)C(=O)Nc1ccc2c(c1)C(=O)N(C)[C@@H]1CC[C@H](CC(=O)NCCCN(C)C)O[C@H]1CO2. The molecule has 0 bridgehead atoms. The van der Waals surface area contributed by atoms with Crippen LogP contribution in [0.25, 0.3) is 0 Å². The highest BCUT2D eigenvalue weighted by atomic mass is 16.5. The molecule has 1 saturated heterocycles. The number of carbonyl (C=O) groups excluding carboxylic acids is 3. The van der Waals surface area contributed by atoms with E-state index in [0.717, 1.165) is 19.4 Å². The number of hydrogen-bond acceptors (Lipinski definition) is 6. The van der Waals surface area contributed by atoms with Gasteiger partial charge in [-0.05, 0) is 58.1 Å². The van der Waals surface area contributed by atoms with E-state index in [2.05, 4.69) is 15.5 Å². The van der Waals surface area contributed by atoms with Crippen LogP contribution in [0.3, 0.4) is 0 Å². The summed E-state index contributed by atoms with van der Waals surface area (Å²) in [5, 5.41) is 5.80. The summed E-state index contributed by atoms with van der Waals surface area (Å²) in [6.07, 6.45) is 2.11. The molecule has 9 heteroatoms. The molecule has 0 saturated carbocycles. The van der Waals surface area contributed by atoms with Crippen molar-refractivity contribution in [2.45, 2.75) is 57.8 Å². The third kappa shape index (κ3) is 6.70. The molecular formula is C25H38N4O5. The number of carbonyl (C=O) groups is 3. The summed E-state index contributed by atoms with van der Waals surface area (Å²) < 4.78 is 12.2. The molecule has 1 aromatic carbocycles. The normalized spacial score (nSPS) is 22.4. The summed E-state index contributed by atoms with van der Waals surface area (Å²) in [5.41, 5.74) is 0.984. The largest absolute Gasteiger partial charge is 0.490 e. The van der Waals surface area contributed by atoms with Gasteiger partial charge in [-0.15, -0.1) is 0 Å². The Morgan fingerprint density at radius 3 is 2.71 bits per heavy atom. The molecule has 34 heavy (non-hydrogen) atoms. The second kappa shape index (κ2) is 11.7. The number of nitrogens with one attached hydrogen (secondary N) is 2. The first kappa shape index (κ1) is 26.0. The predicted molar refractivity (Wildman–Crippen MR) is 130 cm³/mol. The molecule has 0 aliphatic carbocycles. The van der Waals surface area contributed by atoms with Crippen molar-refractivity contribution < 1.29 is 23.9 Å². The molecule has 3 amide bonds.